The van der Waals surface area contributed by atoms with Crippen LogP contribution >= 0.6 is 0 Å². The van der Waals surface area contributed by atoms with Gasteiger partial charge in [0.15, 0.2) is 11.9 Å². The summed E-state index contributed by atoms with van der Waals surface area (Å²) in [6, 6.07) is 18.2. The third-order valence-electron chi connectivity index (χ3n) is 8.29. The maximum Gasteiger partial charge on any atom is 0.191 e. The first kappa shape index (κ1) is 25.0. The van der Waals surface area contributed by atoms with Crippen molar-refractivity contribution >= 4 is 0 Å². The largest absolute Gasteiger partial charge is 0.484 e. The van der Waals surface area contributed by atoms with E-state index in [1.165, 1.54) is 23.5 Å². The number of hydrogen-bond acceptors (Lipinski definition) is 4. The Morgan fingerprint density at radius 2 is 1.81 bits per heavy atom. The molecule has 0 radical (unpaired) electrons. The maximum absolute atomic E-state index is 13.3. The lowest BCUT2D eigenvalue weighted by molar-refractivity contribution is -0.923. The third-order valence-corrected chi connectivity index (χ3v) is 8.29. The molecule has 4 unspecified atom stereocenters. The zero-order valence-electron chi connectivity index (χ0n) is 21.2. The molecule has 36 heavy (non-hydrogen) atoms. The minimum Gasteiger partial charge on any atom is -0.484 e. The first-order chi connectivity index (χ1) is 17.6. The second kappa shape index (κ2) is 11.1. The van der Waals surface area contributed by atoms with Gasteiger partial charge in [-0.15, -0.1) is 0 Å². The SMILES string of the molecule is CCC1CC[NH+](Cc2cc(C(O)(c3ccccc3)C3CCCCC3)no2)CC1Oc1ccc(F)cc1. The highest BCUT2D eigenvalue weighted by Gasteiger charge is 2.43. The summed E-state index contributed by atoms with van der Waals surface area (Å²) < 4.78 is 25.5. The van der Waals surface area contributed by atoms with Gasteiger partial charge in [-0.25, -0.2) is 4.39 Å². The van der Waals surface area contributed by atoms with Crippen molar-refractivity contribution in [3.8, 4) is 5.75 Å². The molecule has 5 rings (SSSR count). The molecule has 1 aliphatic heterocycles. The molecule has 2 heterocycles. The Morgan fingerprint density at radius 3 is 2.53 bits per heavy atom. The molecule has 0 spiro atoms. The molecular formula is C30H38FN2O3+. The number of nitrogens with one attached hydrogen (secondary N) is 1. The van der Waals surface area contributed by atoms with Gasteiger partial charge in [-0.1, -0.05) is 61.7 Å². The van der Waals surface area contributed by atoms with E-state index in [1.807, 2.05) is 36.4 Å². The van der Waals surface area contributed by atoms with Gasteiger partial charge in [0.25, 0.3) is 0 Å². The molecule has 0 bridgehead atoms. The Hall–Kier alpha value is -2.70. The van der Waals surface area contributed by atoms with E-state index >= 15 is 0 Å². The van der Waals surface area contributed by atoms with Crippen molar-refractivity contribution in [1.29, 1.82) is 0 Å². The number of nitrogens with zero attached hydrogens (tertiary/aromatic N) is 1. The van der Waals surface area contributed by atoms with Gasteiger partial charge in [0.2, 0.25) is 0 Å². The van der Waals surface area contributed by atoms with Crippen molar-refractivity contribution in [3.05, 3.63) is 83.5 Å². The van der Waals surface area contributed by atoms with Gasteiger partial charge in [0.05, 0.1) is 6.54 Å². The van der Waals surface area contributed by atoms with Gasteiger partial charge in [0, 0.05) is 18.4 Å². The number of halogens is 1. The highest BCUT2D eigenvalue weighted by molar-refractivity contribution is 5.33. The average molecular weight is 494 g/mol. The van der Waals surface area contributed by atoms with Gasteiger partial charge in [-0.2, -0.15) is 0 Å². The summed E-state index contributed by atoms with van der Waals surface area (Å²) >= 11 is 0. The number of rotatable bonds is 8. The standard InChI is InChI=1S/C30H37FN2O3/c1-2-22-17-18-33(21-28(22)35-26-15-13-25(31)14-16-26)20-27-19-29(32-36-27)30(34,23-9-5-3-6-10-23)24-11-7-4-8-12-24/h3,5-6,9-10,13-16,19,22,24,28,34H,2,4,7-8,11-12,17-18,20-21H2,1H3/p+1. The predicted octanol–water partition coefficient (Wildman–Crippen LogP) is 4.89. The first-order valence-corrected chi connectivity index (χ1v) is 13.6. The van der Waals surface area contributed by atoms with E-state index in [0.717, 1.165) is 62.9 Å². The Kier molecular flexibility index (Phi) is 7.73. The summed E-state index contributed by atoms with van der Waals surface area (Å²) in [5, 5.41) is 16.5. The van der Waals surface area contributed by atoms with Crippen molar-refractivity contribution < 1.29 is 23.7 Å². The lowest BCUT2D eigenvalue weighted by Crippen LogP contribution is -3.13. The molecule has 3 aromatic rings. The van der Waals surface area contributed by atoms with Gasteiger partial charge in [0.1, 0.15) is 36.0 Å². The second-order valence-electron chi connectivity index (χ2n) is 10.6. The van der Waals surface area contributed by atoms with Crippen LogP contribution in [0.15, 0.2) is 65.2 Å². The zero-order chi connectivity index (χ0) is 25.0. The fourth-order valence-electron chi connectivity index (χ4n) is 6.21. The lowest BCUT2D eigenvalue weighted by Gasteiger charge is -2.37. The monoisotopic (exact) mass is 493 g/mol. The molecular weight excluding hydrogens is 455 g/mol. The Balaban J connectivity index is 1.32. The molecule has 2 fully saturated rings. The molecule has 0 amide bonds. The summed E-state index contributed by atoms with van der Waals surface area (Å²) in [7, 11) is 0. The van der Waals surface area contributed by atoms with Crippen molar-refractivity contribution in [2.45, 2.75) is 70.1 Å². The molecule has 2 aliphatic rings. The molecule has 2 N–H and O–H groups in total. The van der Waals surface area contributed by atoms with Crippen LogP contribution in [0.3, 0.4) is 0 Å². The number of piperidine rings is 1. The minimum absolute atomic E-state index is 0.0649. The average Bonchev–Trinajstić information content (AvgIpc) is 3.40. The van der Waals surface area contributed by atoms with Crippen LogP contribution in [0.2, 0.25) is 0 Å². The van der Waals surface area contributed by atoms with E-state index in [1.54, 1.807) is 12.1 Å². The van der Waals surface area contributed by atoms with Crippen molar-refractivity contribution in [1.82, 2.24) is 5.16 Å². The molecule has 1 aliphatic carbocycles. The summed E-state index contributed by atoms with van der Waals surface area (Å²) in [5.41, 5.74) is 0.375. The fraction of sp³-hybridized carbons (Fsp3) is 0.500. The number of benzene rings is 2. The van der Waals surface area contributed by atoms with Crippen LogP contribution in [0.4, 0.5) is 4.39 Å². The van der Waals surface area contributed by atoms with Crippen LogP contribution in [0.1, 0.15) is 68.9 Å². The van der Waals surface area contributed by atoms with Crippen molar-refractivity contribution in [2.75, 3.05) is 13.1 Å². The van der Waals surface area contributed by atoms with Crippen LogP contribution in [0, 0.1) is 17.7 Å². The molecule has 2 aromatic carbocycles. The van der Waals surface area contributed by atoms with Crippen LogP contribution in [0.25, 0.3) is 0 Å². The van der Waals surface area contributed by atoms with Crippen LogP contribution in [0.5, 0.6) is 5.75 Å². The third kappa shape index (κ3) is 5.35. The summed E-state index contributed by atoms with van der Waals surface area (Å²) in [4.78, 5) is 1.37. The fourth-order valence-corrected chi connectivity index (χ4v) is 6.21. The highest BCUT2D eigenvalue weighted by atomic mass is 19.1. The van der Waals surface area contributed by atoms with Gasteiger partial charge in [-0.05, 0) is 55.0 Å². The number of aliphatic hydroxyl groups is 1. The molecule has 192 valence electrons. The number of quaternary nitrogens is 1. The summed E-state index contributed by atoms with van der Waals surface area (Å²) in [6.45, 7) is 4.78. The van der Waals surface area contributed by atoms with Crippen LogP contribution in [-0.4, -0.2) is 29.5 Å². The summed E-state index contributed by atoms with van der Waals surface area (Å²) in [6.07, 6.45) is 7.66. The molecule has 5 nitrogen and oxygen atoms in total. The highest BCUT2D eigenvalue weighted by Crippen LogP contribution is 2.43. The number of ether oxygens (including phenoxy) is 1. The topological polar surface area (TPSA) is 59.9 Å². The quantitative estimate of drug-likeness (QED) is 0.469. The van der Waals surface area contributed by atoms with E-state index in [9.17, 15) is 9.50 Å². The predicted molar refractivity (Wildman–Crippen MR) is 136 cm³/mol. The van der Waals surface area contributed by atoms with E-state index in [-0.39, 0.29) is 17.8 Å². The van der Waals surface area contributed by atoms with E-state index in [0.29, 0.717) is 23.9 Å². The van der Waals surface area contributed by atoms with Crippen molar-refractivity contribution in [2.24, 2.45) is 11.8 Å². The number of aromatic nitrogens is 1. The molecule has 1 saturated carbocycles. The van der Waals surface area contributed by atoms with E-state index in [2.05, 4.69) is 12.1 Å². The van der Waals surface area contributed by atoms with Gasteiger partial charge in [-0.3, -0.25) is 0 Å². The second-order valence-corrected chi connectivity index (χ2v) is 10.6. The van der Waals surface area contributed by atoms with Gasteiger partial charge >= 0.3 is 0 Å². The minimum atomic E-state index is -1.14. The Labute approximate surface area is 213 Å². The van der Waals surface area contributed by atoms with Crippen molar-refractivity contribution in [3.63, 3.8) is 0 Å². The molecule has 1 saturated heterocycles. The summed E-state index contributed by atoms with van der Waals surface area (Å²) in [5.74, 6) is 1.85. The van der Waals surface area contributed by atoms with Crippen LogP contribution in [-0.2, 0) is 12.1 Å². The molecule has 1 aromatic heterocycles. The smallest absolute Gasteiger partial charge is 0.191 e. The maximum atomic E-state index is 13.3. The number of likely N-dealkylation sites (tertiary alicyclic amines) is 1. The first-order valence-electron chi connectivity index (χ1n) is 13.6. The number of hydrogen-bond donors (Lipinski definition) is 2. The Morgan fingerprint density at radius 1 is 1.06 bits per heavy atom. The molecule has 6 heteroatoms. The molecule has 4 atom stereocenters. The zero-order valence-corrected chi connectivity index (χ0v) is 21.2. The van der Waals surface area contributed by atoms with Gasteiger partial charge < -0.3 is 19.3 Å². The normalized spacial score (nSPS) is 24.8. The lowest BCUT2D eigenvalue weighted by atomic mass is 9.71. The van der Waals surface area contributed by atoms with E-state index in [4.69, 9.17) is 9.26 Å². The van der Waals surface area contributed by atoms with E-state index < -0.39 is 5.60 Å². The van der Waals surface area contributed by atoms with Crippen LogP contribution < -0.4 is 9.64 Å². The Bertz CT molecular complexity index is 1100.